The van der Waals surface area contributed by atoms with Crippen molar-refractivity contribution in [2.75, 3.05) is 0 Å². The molecule has 0 saturated carbocycles. The molecule has 1 aromatic carbocycles. The molecule has 0 amide bonds. The topological polar surface area (TPSA) is 68.3 Å². The zero-order valence-electron chi connectivity index (χ0n) is 9.20. The molecule has 0 aliphatic heterocycles. The molecule has 0 atom stereocenters. The average molecular weight is 237 g/mol. The minimum atomic E-state index is 0.451. The van der Waals surface area contributed by atoms with Crippen LogP contribution in [0.15, 0.2) is 52.0 Å². The number of isocyanates is 1. The minimum Gasteiger partial charge on any atom is -0.434 e. The Labute approximate surface area is 102 Å². The number of hydrogen-bond acceptors (Lipinski definition) is 5. The predicted octanol–water partition coefficient (Wildman–Crippen LogP) is 2.86. The molecule has 18 heavy (non-hydrogen) atoms. The third-order valence-corrected chi connectivity index (χ3v) is 2.43. The van der Waals surface area contributed by atoms with Crippen LogP contribution < -0.4 is 0 Å². The standard InChI is InChI=1S/C13H7N3O2/c17-8-15-10-4-1-3-9(7-10)13-16-12-11(18-13)5-2-6-14-12/h1-7H. The number of aliphatic imine (C=N–C) groups is 1. The second-order valence-corrected chi connectivity index (χ2v) is 3.60. The SMILES string of the molecule is O=C=Nc1cccc(-c2nc3ncccc3o2)c1. The Bertz CT molecular complexity index is 725. The van der Waals surface area contributed by atoms with E-state index in [9.17, 15) is 4.79 Å². The van der Waals surface area contributed by atoms with Gasteiger partial charge in [-0.05, 0) is 30.3 Å². The number of oxazole rings is 1. The van der Waals surface area contributed by atoms with Gasteiger partial charge in [0.05, 0.1) is 5.69 Å². The van der Waals surface area contributed by atoms with Gasteiger partial charge in [0, 0.05) is 11.8 Å². The molecular weight excluding hydrogens is 230 g/mol. The third kappa shape index (κ3) is 1.79. The zero-order chi connectivity index (χ0) is 12.4. The van der Waals surface area contributed by atoms with Crippen molar-refractivity contribution in [3.05, 3.63) is 42.6 Å². The summed E-state index contributed by atoms with van der Waals surface area (Å²) in [6, 6.07) is 10.6. The second-order valence-electron chi connectivity index (χ2n) is 3.60. The fraction of sp³-hybridized carbons (Fsp3) is 0. The first-order chi connectivity index (χ1) is 8.86. The fourth-order valence-electron chi connectivity index (χ4n) is 1.65. The van der Waals surface area contributed by atoms with Gasteiger partial charge in [0.1, 0.15) is 0 Å². The first kappa shape index (κ1) is 10.4. The normalized spacial score (nSPS) is 10.2. The van der Waals surface area contributed by atoms with Gasteiger partial charge in [-0.25, -0.2) is 9.78 Å². The zero-order valence-corrected chi connectivity index (χ0v) is 9.20. The Morgan fingerprint density at radius 3 is 3.00 bits per heavy atom. The first-order valence-electron chi connectivity index (χ1n) is 5.27. The summed E-state index contributed by atoms with van der Waals surface area (Å²) in [5.41, 5.74) is 2.43. The lowest BCUT2D eigenvalue weighted by molar-refractivity contribution is 0.565. The molecule has 3 rings (SSSR count). The van der Waals surface area contributed by atoms with Crippen molar-refractivity contribution >= 4 is 23.0 Å². The van der Waals surface area contributed by atoms with Gasteiger partial charge in [-0.15, -0.1) is 0 Å². The fourth-order valence-corrected chi connectivity index (χ4v) is 1.65. The van der Waals surface area contributed by atoms with E-state index in [1.165, 1.54) is 6.08 Å². The Hall–Kier alpha value is -2.78. The molecule has 86 valence electrons. The highest BCUT2D eigenvalue weighted by Gasteiger charge is 2.08. The maximum Gasteiger partial charge on any atom is 0.240 e. The van der Waals surface area contributed by atoms with E-state index in [2.05, 4.69) is 15.0 Å². The molecule has 0 N–H and O–H groups in total. The van der Waals surface area contributed by atoms with Crippen molar-refractivity contribution in [3.63, 3.8) is 0 Å². The molecule has 0 aliphatic carbocycles. The van der Waals surface area contributed by atoms with Crippen LogP contribution in [0.1, 0.15) is 0 Å². The lowest BCUT2D eigenvalue weighted by Crippen LogP contribution is -1.77. The number of rotatable bonds is 2. The first-order valence-corrected chi connectivity index (χ1v) is 5.27. The number of fused-ring (bicyclic) bond motifs is 1. The molecule has 3 aromatic rings. The van der Waals surface area contributed by atoms with Crippen LogP contribution in [-0.2, 0) is 4.79 Å². The van der Waals surface area contributed by atoms with Crippen LogP contribution >= 0.6 is 0 Å². The maximum absolute atomic E-state index is 10.2. The molecule has 0 aliphatic rings. The van der Waals surface area contributed by atoms with Crippen molar-refractivity contribution in [2.24, 2.45) is 4.99 Å². The summed E-state index contributed by atoms with van der Waals surface area (Å²) < 4.78 is 5.57. The average Bonchev–Trinajstić information content (AvgIpc) is 2.83. The van der Waals surface area contributed by atoms with E-state index in [4.69, 9.17) is 4.42 Å². The molecule has 0 radical (unpaired) electrons. The van der Waals surface area contributed by atoms with Crippen LogP contribution in [0.25, 0.3) is 22.7 Å². The molecule has 2 aromatic heterocycles. The van der Waals surface area contributed by atoms with Gasteiger partial charge in [-0.1, -0.05) is 6.07 Å². The van der Waals surface area contributed by atoms with E-state index in [1.807, 2.05) is 6.07 Å². The van der Waals surface area contributed by atoms with Gasteiger partial charge >= 0.3 is 0 Å². The maximum atomic E-state index is 10.2. The van der Waals surface area contributed by atoms with Crippen LogP contribution in [0.2, 0.25) is 0 Å². The summed E-state index contributed by atoms with van der Waals surface area (Å²) >= 11 is 0. The molecule has 2 heterocycles. The van der Waals surface area contributed by atoms with Gasteiger partial charge in [0.15, 0.2) is 11.2 Å². The Morgan fingerprint density at radius 2 is 2.17 bits per heavy atom. The summed E-state index contributed by atoms with van der Waals surface area (Å²) in [6.45, 7) is 0. The summed E-state index contributed by atoms with van der Waals surface area (Å²) in [7, 11) is 0. The summed E-state index contributed by atoms with van der Waals surface area (Å²) in [6.07, 6.45) is 3.16. The highest BCUT2D eigenvalue weighted by Crippen LogP contribution is 2.25. The van der Waals surface area contributed by atoms with E-state index in [0.717, 1.165) is 5.56 Å². The summed E-state index contributed by atoms with van der Waals surface area (Å²) in [4.78, 5) is 22.1. The summed E-state index contributed by atoms with van der Waals surface area (Å²) in [5.74, 6) is 0.451. The molecule has 5 heteroatoms. The molecule has 0 saturated heterocycles. The van der Waals surface area contributed by atoms with Crippen LogP contribution in [0, 0.1) is 0 Å². The van der Waals surface area contributed by atoms with Crippen molar-refractivity contribution < 1.29 is 9.21 Å². The highest BCUT2D eigenvalue weighted by molar-refractivity contribution is 5.72. The third-order valence-electron chi connectivity index (χ3n) is 2.43. The molecular formula is C13H7N3O2. The highest BCUT2D eigenvalue weighted by atomic mass is 16.3. The van der Waals surface area contributed by atoms with E-state index < -0.39 is 0 Å². The van der Waals surface area contributed by atoms with Gasteiger partial charge < -0.3 is 4.42 Å². The van der Waals surface area contributed by atoms with Crippen molar-refractivity contribution in [2.45, 2.75) is 0 Å². The van der Waals surface area contributed by atoms with Crippen LogP contribution in [0.5, 0.6) is 0 Å². The smallest absolute Gasteiger partial charge is 0.240 e. The van der Waals surface area contributed by atoms with Gasteiger partial charge in [-0.2, -0.15) is 9.98 Å². The second kappa shape index (κ2) is 4.24. The van der Waals surface area contributed by atoms with E-state index >= 15 is 0 Å². The molecule has 5 nitrogen and oxygen atoms in total. The predicted molar refractivity (Wildman–Crippen MR) is 65.0 cm³/mol. The molecule has 0 unspecified atom stereocenters. The van der Waals surface area contributed by atoms with Gasteiger partial charge in [0.25, 0.3) is 0 Å². The van der Waals surface area contributed by atoms with Crippen LogP contribution in [0.3, 0.4) is 0 Å². The van der Waals surface area contributed by atoms with E-state index in [0.29, 0.717) is 22.8 Å². The van der Waals surface area contributed by atoms with Gasteiger partial charge in [0.2, 0.25) is 12.0 Å². The molecule has 0 bridgehead atoms. The number of pyridine rings is 1. The van der Waals surface area contributed by atoms with Crippen molar-refractivity contribution in [1.82, 2.24) is 9.97 Å². The lowest BCUT2D eigenvalue weighted by atomic mass is 10.2. The van der Waals surface area contributed by atoms with Crippen molar-refractivity contribution in [3.8, 4) is 11.5 Å². The van der Waals surface area contributed by atoms with Gasteiger partial charge in [-0.3, -0.25) is 0 Å². The molecule has 0 spiro atoms. The number of carbonyl (C=O) groups excluding carboxylic acids is 1. The number of aromatic nitrogens is 2. The summed E-state index contributed by atoms with van der Waals surface area (Å²) in [5, 5.41) is 0. The quantitative estimate of drug-likeness (QED) is 0.507. The monoisotopic (exact) mass is 237 g/mol. The van der Waals surface area contributed by atoms with E-state index in [-0.39, 0.29) is 0 Å². The Balaban J connectivity index is 2.13. The number of hydrogen-bond donors (Lipinski definition) is 0. The van der Waals surface area contributed by atoms with E-state index in [1.54, 1.807) is 36.5 Å². The Kier molecular flexibility index (Phi) is 2.44. The molecule has 0 fully saturated rings. The number of nitrogens with zero attached hydrogens (tertiary/aromatic N) is 3. The van der Waals surface area contributed by atoms with Crippen molar-refractivity contribution in [1.29, 1.82) is 0 Å². The number of benzene rings is 1. The Morgan fingerprint density at radius 1 is 1.22 bits per heavy atom. The largest absolute Gasteiger partial charge is 0.434 e. The van der Waals surface area contributed by atoms with Crippen LogP contribution in [0.4, 0.5) is 5.69 Å². The minimum absolute atomic E-state index is 0.451. The lowest BCUT2D eigenvalue weighted by Gasteiger charge is -1.95. The van der Waals surface area contributed by atoms with Crippen LogP contribution in [-0.4, -0.2) is 16.0 Å².